The summed E-state index contributed by atoms with van der Waals surface area (Å²) >= 11 is 0. The molecule has 22 heavy (non-hydrogen) atoms. The number of imidazole rings is 1. The SMILES string of the molecule is CNc1cncc([C@H]2CCCN2Cc2nccn2C(C)C)n1. The van der Waals surface area contributed by atoms with E-state index in [1.54, 1.807) is 6.20 Å². The zero-order chi connectivity index (χ0) is 15.5. The van der Waals surface area contributed by atoms with Crippen molar-refractivity contribution in [3.63, 3.8) is 0 Å². The molecule has 0 amide bonds. The molecule has 6 nitrogen and oxygen atoms in total. The van der Waals surface area contributed by atoms with Gasteiger partial charge in [-0.1, -0.05) is 0 Å². The van der Waals surface area contributed by atoms with Crippen LogP contribution >= 0.6 is 0 Å². The molecule has 2 aromatic rings. The van der Waals surface area contributed by atoms with Gasteiger partial charge in [0.25, 0.3) is 0 Å². The molecule has 1 saturated heterocycles. The normalized spacial score (nSPS) is 19.0. The molecule has 118 valence electrons. The number of aromatic nitrogens is 4. The van der Waals surface area contributed by atoms with E-state index in [1.165, 1.54) is 6.42 Å². The highest BCUT2D eigenvalue weighted by atomic mass is 15.2. The van der Waals surface area contributed by atoms with Crippen LogP contribution in [0.3, 0.4) is 0 Å². The maximum atomic E-state index is 4.67. The van der Waals surface area contributed by atoms with Crippen LogP contribution < -0.4 is 5.32 Å². The van der Waals surface area contributed by atoms with E-state index in [9.17, 15) is 0 Å². The van der Waals surface area contributed by atoms with Gasteiger partial charge in [-0.2, -0.15) is 0 Å². The molecule has 0 saturated carbocycles. The van der Waals surface area contributed by atoms with Crippen molar-refractivity contribution in [1.82, 2.24) is 24.4 Å². The lowest BCUT2D eigenvalue weighted by Crippen LogP contribution is -2.26. The second-order valence-corrected chi connectivity index (χ2v) is 6.05. The molecule has 1 aliphatic heterocycles. The van der Waals surface area contributed by atoms with Crippen molar-refractivity contribution in [1.29, 1.82) is 0 Å². The van der Waals surface area contributed by atoms with E-state index in [0.717, 1.165) is 36.8 Å². The number of hydrogen-bond acceptors (Lipinski definition) is 5. The van der Waals surface area contributed by atoms with Crippen LogP contribution in [0.15, 0.2) is 24.8 Å². The Hall–Kier alpha value is -1.95. The predicted molar refractivity (Wildman–Crippen MR) is 86.6 cm³/mol. The summed E-state index contributed by atoms with van der Waals surface area (Å²) in [5.74, 6) is 1.95. The van der Waals surface area contributed by atoms with Gasteiger partial charge in [-0.15, -0.1) is 0 Å². The fraction of sp³-hybridized carbons (Fsp3) is 0.562. The molecule has 1 fully saturated rings. The van der Waals surface area contributed by atoms with E-state index in [4.69, 9.17) is 0 Å². The molecule has 1 aliphatic rings. The van der Waals surface area contributed by atoms with Gasteiger partial charge in [-0.05, 0) is 33.2 Å². The van der Waals surface area contributed by atoms with Crippen molar-refractivity contribution >= 4 is 5.82 Å². The molecular formula is C16H24N6. The summed E-state index contributed by atoms with van der Waals surface area (Å²) in [7, 11) is 1.87. The van der Waals surface area contributed by atoms with Crippen molar-refractivity contribution in [2.24, 2.45) is 0 Å². The number of anilines is 1. The molecule has 0 unspecified atom stereocenters. The summed E-state index contributed by atoms with van der Waals surface area (Å²) in [4.78, 5) is 16.0. The monoisotopic (exact) mass is 300 g/mol. The molecule has 0 bridgehead atoms. The van der Waals surface area contributed by atoms with Gasteiger partial charge < -0.3 is 9.88 Å². The van der Waals surface area contributed by atoms with Crippen molar-refractivity contribution in [3.05, 3.63) is 36.3 Å². The Morgan fingerprint density at radius 3 is 3.00 bits per heavy atom. The van der Waals surface area contributed by atoms with Gasteiger partial charge in [0.15, 0.2) is 0 Å². The first-order valence-electron chi connectivity index (χ1n) is 7.94. The van der Waals surface area contributed by atoms with E-state index >= 15 is 0 Å². The van der Waals surface area contributed by atoms with Gasteiger partial charge in [0.05, 0.1) is 30.7 Å². The molecule has 3 heterocycles. The predicted octanol–water partition coefficient (Wildman–Crippen LogP) is 2.63. The van der Waals surface area contributed by atoms with Crippen molar-refractivity contribution in [2.45, 2.75) is 45.3 Å². The van der Waals surface area contributed by atoms with Crippen LogP contribution in [0, 0.1) is 0 Å². The molecule has 0 aromatic carbocycles. The minimum absolute atomic E-state index is 0.332. The minimum Gasteiger partial charge on any atom is -0.372 e. The molecule has 0 radical (unpaired) electrons. The first-order chi connectivity index (χ1) is 10.7. The molecule has 2 aromatic heterocycles. The molecule has 0 aliphatic carbocycles. The molecule has 3 rings (SSSR count). The van der Waals surface area contributed by atoms with Gasteiger partial charge in [0, 0.05) is 25.5 Å². The molecule has 1 N–H and O–H groups in total. The van der Waals surface area contributed by atoms with E-state index in [1.807, 2.05) is 19.4 Å². The zero-order valence-corrected chi connectivity index (χ0v) is 13.5. The van der Waals surface area contributed by atoms with Gasteiger partial charge >= 0.3 is 0 Å². The first kappa shape index (κ1) is 15.0. The second kappa shape index (κ2) is 6.44. The summed E-state index contributed by atoms with van der Waals surface area (Å²) in [6.45, 7) is 6.32. The lowest BCUT2D eigenvalue weighted by molar-refractivity contribution is 0.233. The van der Waals surface area contributed by atoms with Gasteiger partial charge in [-0.25, -0.2) is 9.97 Å². The Morgan fingerprint density at radius 2 is 2.23 bits per heavy atom. The highest BCUT2D eigenvalue weighted by molar-refractivity contribution is 5.31. The standard InChI is InChI=1S/C16H24N6/c1-12(2)22-8-6-19-16(22)11-21-7-4-5-14(21)13-9-18-10-15(17-3)20-13/h6,8-10,12,14H,4-5,7,11H2,1-3H3,(H,17,20)/t14-/m1/s1. The quantitative estimate of drug-likeness (QED) is 0.920. The van der Waals surface area contributed by atoms with Crippen LogP contribution in [0.1, 0.15) is 50.3 Å². The first-order valence-corrected chi connectivity index (χ1v) is 7.94. The average Bonchev–Trinajstić information content (AvgIpc) is 3.17. The highest BCUT2D eigenvalue weighted by Crippen LogP contribution is 2.32. The lowest BCUT2D eigenvalue weighted by Gasteiger charge is -2.24. The number of nitrogens with zero attached hydrogens (tertiary/aromatic N) is 5. The second-order valence-electron chi connectivity index (χ2n) is 6.05. The number of nitrogens with one attached hydrogen (secondary N) is 1. The summed E-state index contributed by atoms with van der Waals surface area (Å²) in [6, 6.07) is 0.768. The Morgan fingerprint density at radius 1 is 1.36 bits per heavy atom. The summed E-state index contributed by atoms with van der Waals surface area (Å²) in [5, 5.41) is 3.07. The minimum atomic E-state index is 0.332. The third-order valence-corrected chi connectivity index (χ3v) is 4.26. The van der Waals surface area contributed by atoms with Crippen molar-refractivity contribution in [3.8, 4) is 0 Å². The van der Waals surface area contributed by atoms with Crippen LogP contribution in [0.2, 0.25) is 0 Å². The average molecular weight is 300 g/mol. The third kappa shape index (κ3) is 2.97. The summed E-state index contributed by atoms with van der Waals surface area (Å²) < 4.78 is 2.24. The molecular weight excluding hydrogens is 276 g/mol. The van der Waals surface area contributed by atoms with Crippen LogP contribution in [-0.4, -0.2) is 38.0 Å². The smallest absolute Gasteiger partial charge is 0.144 e. The highest BCUT2D eigenvalue weighted by Gasteiger charge is 2.28. The zero-order valence-electron chi connectivity index (χ0n) is 13.5. The molecule has 1 atom stereocenters. The number of rotatable bonds is 5. The fourth-order valence-corrected chi connectivity index (χ4v) is 3.13. The largest absolute Gasteiger partial charge is 0.372 e. The van der Waals surface area contributed by atoms with Gasteiger partial charge in [-0.3, -0.25) is 9.88 Å². The summed E-state index contributed by atoms with van der Waals surface area (Å²) in [6.07, 6.45) is 9.92. The Bertz CT molecular complexity index is 621. The van der Waals surface area contributed by atoms with Crippen LogP contribution in [0.5, 0.6) is 0 Å². The number of likely N-dealkylation sites (tertiary alicyclic amines) is 1. The maximum absolute atomic E-state index is 4.67. The maximum Gasteiger partial charge on any atom is 0.144 e. The van der Waals surface area contributed by atoms with E-state index < -0.39 is 0 Å². The van der Waals surface area contributed by atoms with Gasteiger partial charge in [0.1, 0.15) is 11.6 Å². The lowest BCUT2D eigenvalue weighted by atomic mass is 10.1. The Labute approximate surface area is 131 Å². The van der Waals surface area contributed by atoms with Crippen molar-refractivity contribution in [2.75, 3.05) is 18.9 Å². The Balaban J connectivity index is 1.79. The van der Waals surface area contributed by atoms with Crippen LogP contribution in [0.25, 0.3) is 0 Å². The van der Waals surface area contributed by atoms with Crippen LogP contribution in [-0.2, 0) is 6.54 Å². The van der Waals surface area contributed by atoms with E-state index in [0.29, 0.717) is 12.1 Å². The third-order valence-electron chi connectivity index (χ3n) is 4.26. The van der Waals surface area contributed by atoms with Gasteiger partial charge in [0.2, 0.25) is 0 Å². The van der Waals surface area contributed by atoms with E-state index in [-0.39, 0.29) is 0 Å². The molecule has 0 spiro atoms. The van der Waals surface area contributed by atoms with E-state index in [2.05, 4.69) is 49.8 Å². The molecule has 6 heteroatoms. The Kier molecular flexibility index (Phi) is 4.38. The summed E-state index contributed by atoms with van der Waals surface area (Å²) in [5.41, 5.74) is 1.05. The van der Waals surface area contributed by atoms with Crippen molar-refractivity contribution < 1.29 is 0 Å². The number of hydrogen-bond donors (Lipinski definition) is 1. The topological polar surface area (TPSA) is 58.9 Å². The van der Waals surface area contributed by atoms with Crippen LogP contribution in [0.4, 0.5) is 5.82 Å². The fourth-order valence-electron chi connectivity index (χ4n) is 3.13.